The summed E-state index contributed by atoms with van der Waals surface area (Å²) in [6, 6.07) is 25.1. The Morgan fingerprint density at radius 1 is 0.759 bits per heavy atom. The van der Waals surface area contributed by atoms with Crippen LogP contribution >= 0.6 is 0 Å². The Labute approximate surface area is 514 Å². The summed E-state index contributed by atoms with van der Waals surface area (Å²) >= 11 is 0. The van der Waals surface area contributed by atoms with Gasteiger partial charge in [-0.2, -0.15) is 0 Å². The van der Waals surface area contributed by atoms with Crippen LogP contribution in [0.5, 0.6) is 0 Å². The summed E-state index contributed by atoms with van der Waals surface area (Å²) in [4.78, 5) is 110. The van der Waals surface area contributed by atoms with Crippen molar-refractivity contribution in [2.24, 2.45) is 23.0 Å². The van der Waals surface area contributed by atoms with Gasteiger partial charge in [-0.05, 0) is 103 Å². The molecule has 0 saturated heterocycles. The Kier molecular flexibility index (Phi) is 27.6. The summed E-state index contributed by atoms with van der Waals surface area (Å²) in [6.07, 6.45) is 3.42. The molecular weight excluding hydrogens is 1100 g/mol. The number of amides is 8. The highest BCUT2D eigenvalue weighted by Crippen LogP contribution is 2.30. The number of carbonyl (C=O) groups is 8. The number of aryl methyl sites for hydroxylation is 1. The van der Waals surface area contributed by atoms with Crippen LogP contribution in [0.1, 0.15) is 128 Å². The van der Waals surface area contributed by atoms with Crippen LogP contribution in [0.15, 0.2) is 115 Å². The summed E-state index contributed by atoms with van der Waals surface area (Å²) in [5, 5.41) is 30.0. The van der Waals surface area contributed by atoms with Gasteiger partial charge in [0.05, 0.1) is 32.0 Å². The molecule has 0 heterocycles. The van der Waals surface area contributed by atoms with Crippen molar-refractivity contribution in [1.82, 2.24) is 36.8 Å². The van der Waals surface area contributed by atoms with E-state index in [1.165, 1.54) is 11.8 Å². The molecule has 5 atom stereocenters. The van der Waals surface area contributed by atoms with Crippen LogP contribution in [-0.4, -0.2) is 115 Å². The average molecular weight is 1200 g/mol. The molecule has 4 aromatic rings. The van der Waals surface area contributed by atoms with Crippen molar-refractivity contribution in [2.45, 2.75) is 157 Å². The predicted molar refractivity (Wildman–Crippen MR) is 342 cm³/mol. The van der Waals surface area contributed by atoms with Crippen molar-refractivity contribution >= 4 is 64.9 Å². The number of anilines is 2. The molecule has 0 aliphatic carbocycles. The van der Waals surface area contributed by atoms with Gasteiger partial charge in [0, 0.05) is 55.3 Å². The molecular formula is C67H94N10O10. The standard InChI is InChI=1S/C67H94N10O10/c1-15-48-22-17-18-23-49(48)39-77(53-25-19-16-21-44(53)6)56(79)35-34-55(78)74-57(43(4)5)61(81)73-52(24-20-36-71-65(68)86)60(80)72-51-32-28-47(29-33-51)40-87-41-70-38-46-26-30-50(31-27-46)67(11,12)58(69-13)62(82)75-59(66(8,9)10)63(83)76(14)54(42(2)3)37-45(7)64(84)85/h15-19,21-23,25-33,37,42-43,52,54,57-59,69-70H,1,20,24,34-36,38-41H2,2-14H3,(H,72,80)(H,73,81)(H,74,78)(H,75,82)(H,84,85)(H3,68,71,86)/b45-37+/t52-,54+,57-,58-,59+/m0/s1. The molecule has 8 amide bonds. The maximum Gasteiger partial charge on any atom is 0.331 e. The van der Waals surface area contributed by atoms with Gasteiger partial charge in [0.15, 0.2) is 0 Å². The number of carboxylic acids is 1. The van der Waals surface area contributed by atoms with E-state index in [-0.39, 0.29) is 74.9 Å². The minimum absolute atomic E-state index is 0.0877. The number of nitrogens with one attached hydrogen (secondary N) is 7. The Balaban J connectivity index is 1.32. The molecule has 0 aliphatic heterocycles. The first-order valence-corrected chi connectivity index (χ1v) is 29.6. The van der Waals surface area contributed by atoms with E-state index in [4.69, 9.17) is 10.5 Å². The molecule has 4 rings (SSSR count). The average Bonchev–Trinajstić information content (AvgIpc) is 1.21. The number of hydrogen-bond donors (Lipinski definition) is 9. The Morgan fingerprint density at radius 3 is 1.98 bits per heavy atom. The second kappa shape index (κ2) is 33.6. The predicted octanol–water partition coefficient (Wildman–Crippen LogP) is 7.84. The fourth-order valence-corrected chi connectivity index (χ4v) is 10.1. The molecule has 0 aliphatic rings. The Bertz CT molecular complexity index is 3030. The van der Waals surface area contributed by atoms with Crippen molar-refractivity contribution in [3.05, 3.63) is 149 Å². The number of benzene rings is 4. The van der Waals surface area contributed by atoms with Gasteiger partial charge >= 0.3 is 12.0 Å². The van der Waals surface area contributed by atoms with E-state index in [1.54, 1.807) is 69.3 Å². The lowest BCUT2D eigenvalue weighted by atomic mass is 9.76. The molecule has 0 bridgehead atoms. The number of carbonyl (C=O) groups excluding carboxylic acids is 7. The zero-order valence-corrected chi connectivity index (χ0v) is 53.1. The monoisotopic (exact) mass is 1200 g/mol. The van der Waals surface area contributed by atoms with E-state index >= 15 is 0 Å². The van der Waals surface area contributed by atoms with Crippen molar-refractivity contribution in [2.75, 3.05) is 37.6 Å². The third-order valence-electron chi connectivity index (χ3n) is 15.4. The number of likely N-dealkylation sites (N-methyl/N-ethyl adjacent to an activating group) is 2. The molecule has 0 spiro atoms. The fourth-order valence-electron chi connectivity index (χ4n) is 10.1. The second-order valence-electron chi connectivity index (χ2n) is 24.3. The normalized spacial score (nSPS) is 13.5. The van der Waals surface area contributed by atoms with Gasteiger partial charge in [-0.25, -0.2) is 9.59 Å². The van der Waals surface area contributed by atoms with E-state index in [9.17, 15) is 43.5 Å². The number of urea groups is 1. The molecule has 20 heteroatoms. The number of ether oxygens (including phenoxy) is 1. The van der Waals surface area contributed by atoms with Gasteiger partial charge in [0.1, 0.15) is 18.1 Å². The molecule has 4 aromatic carbocycles. The van der Waals surface area contributed by atoms with Gasteiger partial charge in [-0.3, -0.25) is 34.1 Å². The lowest BCUT2D eigenvalue weighted by Crippen LogP contribution is -2.61. The van der Waals surface area contributed by atoms with Gasteiger partial charge < -0.3 is 57.3 Å². The quantitative estimate of drug-likeness (QED) is 0.0125. The highest BCUT2D eigenvalue weighted by Gasteiger charge is 2.42. The lowest BCUT2D eigenvalue weighted by molar-refractivity contribution is -0.141. The van der Waals surface area contributed by atoms with Gasteiger partial charge in [0.25, 0.3) is 0 Å². The largest absolute Gasteiger partial charge is 0.478 e. The van der Waals surface area contributed by atoms with Crippen LogP contribution in [0, 0.1) is 24.2 Å². The van der Waals surface area contributed by atoms with Crippen LogP contribution in [0.25, 0.3) is 6.08 Å². The number of rotatable bonds is 33. The SMILES string of the molecule is C=Cc1ccccc1CN(C(=O)CCC(=O)N[C@H](C(=O)N[C@@H](CCCNC(N)=O)C(=O)Nc1ccc(COCNCc2ccc(C(C)(C)[C@@H](NC)C(=O)N[C@H](C(=O)N(C)[C@H](/C=C(\C)C(=O)O)C(C)C)C(C)(C)C)cc2)cc1)C(C)C)c1ccccc1C. The molecule has 87 heavy (non-hydrogen) atoms. The third kappa shape index (κ3) is 21.6. The van der Waals surface area contributed by atoms with Crippen molar-refractivity contribution < 1.29 is 48.2 Å². The number of nitrogens with two attached hydrogens (primary N) is 1. The number of nitrogens with zero attached hydrogens (tertiary/aromatic N) is 2. The number of carboxylic acid groups (broad SMARTS) is 1. The minimum Gasteiger partial charge on any atom is -0.478 e. The number of primary amides is 1. The van der Waals surface area contributed by atoms with E-state index in [1.807, 2.05) is 128 Å². The smallest absolute Gasteiger partial charge is 0.331 e. The van der Waals surface area contributed by atoms with Crippen LogP contribution < -0.4 is 47.9 Å². The van der Waals surface area contributed by atoms with E-state index < -0.39 is 76.7 Å². The number of aliphatic carboxylic acids is 1. The third-order valence-corrected chi connectivity index (χ3v) is 15.4. The van der Waals surface area contributed by atoms with Gasteiger partial charge in [0.2, 0.25) is 35.4 Å². The highest BCUT2D eigenvalue weighted by molar-refractivity contribution is 5.99. The number of para-hydroxylation sites is 1. The number of hydrogen-bond acceptors (Lipinski definition) is 11. The van der Waals surface area contributed by atoms with Gasteiger partial charge in [-0.1, -0.05) is 160 Å². The fraction of sp³-hybridized carbons (Fsp3) is 0.463. The first-order valence-electron chi connectivity index (χ1n) is 29.6. The summed E-state index contributed by atoms with van der Waals surface area (Å²) < 4.78 is 5.92. The highest BCUT2D eigenvalue weighted by atomic mass is 16.5. The molecule has 0 radical (unpaired) electrons. The lowest BCUT2D eigenvalue weighted by Gasteiger charge is -2.40. The first kappa shape index (κ1) is 71.3. The Morgan fingerprint density at radius 2 is 1.39 bits per heavy atom. The topological polar surface area (TPSA) is 283 Å². The molecule has 0 fully saturated rings. The first-order chi connectivity index (χ1) is 41.0. The second-order valence-corrected chi connectivity index (χ2v) is 24.3. The molecule has 10 N–H and O–H groups in total. The van der Waals surface area contributed by atoms with Crippen LogP contribution in [0.2, 0.25) is 0 Å². The Hall–Kier alpha value is -8.20. The van der Waals surface area contributed by atoms with Gasteiger partial charge in [-0.15, -0.1) is 0 Å². The van der Waals surface area contributed by atoms with E-state index in [2.05, 4.69) is 43.8 Å². The molecule has 0 unspecified atom stereocenters. The maximum absolute atomic E-state index is 14.1. The molecule has 20 nitrogen and oxygen atoms in total. The van der Waals surface area contributed by atoms with Crippen molar-refractivity contribution in [3.8, 4) is 0 Å². The zero-order chi connectivity index (χ0) is 64.8. The van der Waals surface area contributed by atoms with Crippen molar-refractivity contribution in [1.29, 1.82) is 0 Å². The van der Waals surface area contributed by atoms with Crippen LogP contribution in [0.3, 0.4) is 0 Å². The summed E-state index contributed by atoms with van der Waals surface area (Å²) in [6.45, 7) is 25.6. The van der Waals surface area contributed by atoms with Crippen molar-refractivity contribution in [3.63, 3.8) is 0 Å². The summed E-state index contributed by atoms with van der Waals surface area (Å²) in [5.74, 6) is -4.12. The zero-order valence-electron chi connectivity index (χ0n) is 53.1. The molecule has 472 valence electrons. The maximum atomic E-state index is 14.1. The summed E-state index contributed by atoms with van der Waals surface area (Å²) in [5.41, 5.74) is 10.6. The minimum atomic E-state index is -1.06. The molecule has 0 saturated carbocycles. The van der Waals surface area contributed by atoms with E-state index in [0.717, 1.165) is 33.4 Å². The molecule has 0 aromatic heterocycles. The summed E-state index contributed by atoms with van der Waals surface area (Å²) in [7, 11) is 3.34. The van der Waals surface area contributed by atoms with E-state index in [0.29, 0.717) is 24.3 Å². The van der Waals surface area contributed by atoms with Crippen LogP contribution in [-0.2, 0) is 63.4 Å². The van der Waals surface area contributed by atoms with Crippen LogP contribution in [0.4, 0.5) is 16.2 Å².